The van der Waals surface area contributed by atoms with Crippen LogP contribution in [-0.2, 0) is 10.0 Å². The van der Waals surface area contributed by atoms with E-state index in [1.807, 2.05) is 0 Å². The molecule has 0 amide bonds. The summed E-state index contributed by atoms with van der Waals surface area (Å²) in [7, 11) is -4.14. The molecular formula is C21H17NO6S. The average Bonchev–Trinajstić information content (AvgIpc) is 2.71. The summed E-state index contributed by atoms with van der Waals surface area (Å²) >= 11 is 0. The molecule has 3 aromatic carbocycles. The van der Waals surface area contributed by atoms with E-state index < -0.39 is 27.2 Å². The van der Waals surface area contributed by atoms with Crippen LogP contribution in [0, 0.1) is 0 Å². The normalized spacial score (nSPS) is 11.4. The zero-order valence-corrected chi connectivity index (χ0v) is 15.8. The van der Waals surface area contributed by atoms with Crippen molar-refractivity contribution in [2.24, 2.45) is 0 Å². The minimum atomic E-state index is -4.14. The summed E-state index contributed by atoms with van der Waals surface area (Å²) in [6.45, 7) is 0. The Balaban J connectivity index is 1.90. The summed E-state index contributed by atoms with van der Waals surface area (Å²) < 4.78 is 27.1. The van der Waals surface area contributed by atoms with Crippen LogP contribution in [0.4, 0.5) is 5.69 Å². The van der Waals surface area contributed by atoms with Gasteiger partial charge in [-0.25, -0.2) is 8.42 Å². The summed E-state index contributed by atoms with van der Waals surface area (Å²) in [5.74, 6) is -1.44. The molecule has 4 N–H and O–H groups in total. The van der Waals surface area contributed by atoms with Crippen molar-refractivity contribution < 1.29 is 28.5 Å². The SMILES string of the molecule is O=C(/C=C/c1ccc(O)c(NS(=O)(=O)c2ccc(O)cc2)c1O)c1ccccc1. The zero-order chi connectivity index (χ0) is 21.0. The van der Waals surface area contributed by atoms with Gasteiger partial charge in [0.05, 0.1) is 4.90 Å². The smallest absolute Gasteiger partial charge is 0.262 e. The Morgan fingerprint density at radius 1 is 0.862 bits per heavy atom. The first-order valence-electron chi connectivity index (χ1n) is 8.42. The number of hydrogen-bond acceptors (Lipinski definition) is 6. The molecular weight excluding hydrogens is 394 g/mol. The predicted molar refractivity (Wildman–Crippen MR) is 108 cm³/mol. The zero-order valence-electron chi connectivity index (χ0n) is 15.0. The van der Waals surface area contributed by atoms with E-state index in [1.54, 1.807) is 30.3 Å². The third kappa shape index (κ3) is 4.56. The molecule has 0 fully saturated rings. The molecule has 8 heteroatoms. The van der Waals surface area contributed by atoms with Gasteiger partial charge in [0.25, 0.3) is 10.0 Å². The van der Waals surface area contributed by atoms with Gasteiger partial charge in [-0.2, -0.15) is 0 Å². The second-order valence-electron chi connectivity index (χ2n) is 6.06. The number of anilines is 1. The minimum absolute atomic E-state index is 0.107. The Bertz CT molecular complexity index is 1170. The first-order valence-corrected chi connectivity index (χ1v) is 9.90. The van der Waals surface area contributed by atoms with Gasteiger partial charge in [-0.1, -0.05) is 30.3 Å². The Kier molecular flexibility index (Phi) is 5.56. The first kappa shape index (κ1) is 20.0. The topological polar surface area (TPSA) is 124 Å². The highest BCUT2D eigenvalue weighted by atomic mass is 32.2. The maximum Gasteiger partial charge on any atom is 0.262 e. The van der Waals surface area contributed by atoms with Crippen molar-refractivity contribution in [3.8, 4) is 17.2 Å². The lowest BCUT2D eigenvalue weighted by atomic mass is 10.1. The van der Waals surface area contributed by atoms with Crippen molar-refractivity contribution in [3.05, 3.63) is 83.9 Å². The number of ketones is 1. The summed E-state index contributed by atoms with van der Waals surface area (Å²) in [5, 5.41) is 29.7. The Hall–Kier alpha value is -3.78. The van der Waals surface area contributed by atoms with Crippen LogP contribution in [0.15, 0.2) is 77.7 Å². The number of benzene rings is 3. The van der Waals surface area contributed by atoms with Gasteiger partial charge >= 0.3 is 0 Å². The van der Waals surface area contributed by atoms with Crippen LogP contribution in [0.1, 0.15) is 15.9 Å². The fourth-order valence-corrected chi connectivity index (χ4v) is 3.60. The lowest BCUT2D eigenvalue weighted by Crippen LogP contribution is -2.13. The van der Waals surface area contributed by atoms with Gasteiger partial charge in [-0.05, 0) is 48.6 Å². The van der Waals surface area contributed by atoms with E-state index >= 15 is 0 Å². The highest BCUT2D eigenvalue weighted by Crippen LogP contribution is 2.38. The summed E-state index contributed by atoms with van der Waals surface area (Å²) in [5.41, 5.74) is 0.165. The molecule has 0 aliphatic rings. The summed E-state index contributed by atoms with van der Waals surface area (Å²) in [4.78, 5) is 12.0. The van der Waals surface area contributed by atoms with Gasteiger partial charge in [0.1, 0.15) is 17.2 Å². The minimum Gasteiger partial charge on any atom is -0.508 e. The van der Waals surface area contributed by atoms with Gasteiger partial charge in [0.15, 0.2) is 11.5 Å². The molecule has 0 aliphatic heterocycles. The molecule has 0 aromatic heterocycles. The molecule has 0 unspecified atom stereocenters. The Morgan fingerprint density at radius 2 is 1.52 bits per heavy atom. The third-order valence-electron chi connectivity index (χ3n) is 4.04. The molecule has 3 rings (SSSR count). The summed E-state index contributed by atoms with van der Waals surface area (Å²) in [6, 6.07) is 15.8. The van der Waals surface area contributed by atoms with Crippen molar-refractivity contribution in [1.82, 2.24) is 0 Å². The van der Waals surface area contributed by atoms with Crippen molar-refractivity contribution in [1.29, 1.82) is 0 Å². The number of carbonyl (C=O) groups excluding carboxylic acids is 1. The van der Waals surface area contributed by atoms with E-state index in [0.717, 1.165) is 0 Å². The van der Waals surface area contributed by atoms with Crippen LogP contribution >= 0.6 is 0 Å². The van der Waals surface area contributed by atoms with Gasteiger partial charge in [-0.15, -0.1) is 0 Å². The maximum absolute atomic E-state index is 12.5. The van der Waals surface area contributed by atoms with Gasteiger partial charge in [0.2, 0.25) is 0 Å². The van der Waals surface area contributed by atoms with E-state index in [0.29, 0.717) is 5.56 Å². The molecule has 0 bridgehead atoms. The molecule has 0 atom stereocenters. The molecule has 0 heterocycles. The van der Waals surface area contributed by atoms with Crippen LogP contribution in [0.2, 0.25) is 0 Å². The fourth-order valence-electron chi connectivity index (χ4n) is 2.51. The van der Waals surface area contributed by atoms with Crippen molar-refractivity contribution >= 4 is 27.6 Å². The highest BCUT2D eigenvalue weighted by Gasteiger charge is 2.20. The molecule has 0 aliphatic carbocycles. The monoisotopic (exact) mass is 411 g/mol. The molecule has 148 valence electrons. The second kappa shape index (κ2) is 8.07. The molecule has 29 heavy (non-hydrogen) atoms. The van der Waals surface area contributed by atoms with E-state index in [4.69, 9.17) is 0 Å². The van der Waals surface area contributed by atoms with E-state index in [1.165, 1.54) is 48.6 Å². The standard InChI is InChI=1S/C21H17NO6S/c23-16-8-10-17(11-9-16)29(27,28)22-20-19(25)13-7-15(21(20)26)6-12-18(24)14-4-2-1-3-5-14/h1-13,22-23,25-26H/b12-6+. The number of nitrogens with one attached hydrogen (secondary N) is 1. The van der Waals surface area contributed by atoms with Crippen molar-refractivity contribution in [2.45, 2.75) is 4.90 Å². The number of phenols is 3. The largest absolute Gasteiger partial charge is 0.508 e. The molecule has 0 radical (unpaired) electrons. The number of carbonyl (C=O) groups is 1. The van der Waals surface area contributed by atoms with Crippen LogP contribution < -0.4 is 4.72 Å². The molecule has 7 nitrogen and oxygen atoms in total. The molecule has 0 saturated heterocycles. The Morgan fingerprint density at radius 3 is 2.17 bits per heavy atom. The quantitative estimate of drug-likeness (QED) is 0.280. The Labute approximate surface area is 167 Å². The number of phenolic OH excluding ortho intramolecular Hbond substituents is 3. The first-order chi connectivity index (χ1) is 13.8. The van der Waals surface area contributed by atoms with Crippen LogP contribution in [-0.4, -0.2) is 29.5 Å². The molecule has 3 aromatic rings. The van der Waals surface area contributed by atoms with E-state index in [-0.39, 0.29) is 22.0 Å². The van der Waals surface area contributed by atoms with Crippen LogP contribution in [0.5, 0.6) is 17.2 Å². The number of allylic oxidation sites excluding steroid dienone is 1. The molecule has 0 spiro atoms. The third-order valence-corrected chi connectivity index (χ3v) is 5.41. The number of aromatic hydroxyl groups is 3. The van der Waals surface area contributed by atoms with E-state index in [2.05, 4.69) is 4.72 Å². The highest BCUT2D eigenvalue weighted by molar-refractivity contribution is 7.92. The van der Waals surface area contributed by atoms with Gasteiger partial charge in [-0.3, -0.25) is 9.52 Å². The lowest BCUT2D eigenvalue weighted by molar-refractivity contribution is 0.104. The second-order valence-corrected chi connectivity index (χ2v) is 7.74. The maximum atomic E-state index is 12.5. The fraction of sp³-hybridized carbons (Fsp3) is 0. The van der Waals surface area contributed by atoms with Gasteiger partial charge < -0.3 is 15.3 Å². The van der Waals surface area contributed by atoms with Crippen LogP contribution in [0.25, 0.3) is 6.08 Å². The van der Waals surface area contributed by atoms with Crippen molar-refractivity contribution in [3.63, 3.8) is 0 Å². The molecule has 0 saturated carbocycles. The van der Waals surface area contributed by atoms with Crippen LogP contribution in [0.3, 0.4) is 0 Å². The number of hydrogen-bond donors (Lipinski definition) is 4. The number of rotatable bonds is 6. The average molecular weight is 411 g/mol. The predicted octanol–water partition coefficient (Wildman–Crippen LogP) is 3.50. The lowest BCUT2D eigenvalue weighted by Gasteiger charge is -2.13. The van der Waals surface area contributed by atoms with Crippen molar-refractivity contribution in [2.75, 3.05) is 4.72 Å². The summed E-state index contributed by atoms with van der Waals surface area (Å²) in [6.07, 6.45) is 2.56. The number of sulfonamides is 1. The van der Waals surface area contributed by atoms with Gasteiger partial charge in [0, 0.05) is 11.1 Å². The van der Waals surface area contributed by atoms with E-state index in [9.17, 15) is 28.5 Å².